The van der Waals surface area contributed by atoms with Crippen LogP contribution >= 0.6 is 11.3 Å². The van der Waals surface area contributed by atoms with E-state index in [9.17, 15) is 0 Å². The highest BCUT2D eigenvalue weighted by atomic mass is 32.1. The lowest BCUT2D eigenvalue weighted by Crippen LogP contribution is -2.21. The molecule has 0 saturated carbocycles. The molecule has 1 aromatic rings. The largest absolute Gasteiger partial charge is 0.245 e. The molecular weight excluding hydrogens is 166 g/mol. The Kier molecular flexibility index (Phi) is 1.65. The number of aromatic nitrogens is 1. The molecule has 0 fully saturated rings. The molecule has 1 nitrogen and oxygen atoms in total. The fourth-order valence-corrected chi connectivity index (χ4v) is 2.16. The van der Waals surface area contributed by atoms with Gasteiger partial charge in [0.2, 0.25) is 0 Å². The van der Waals surface area contributed by atoms with Crippen LogP contribution in [0.2, 0.25) is 0 Å². The summed E-state index contributed by atoms with van der Waals surface area (Å²) >= 11 is 1.70. The molecule has 0 aliphatic heterocycles. The maximum absolute atomic E-state index is 4.26. The van der Waals surface area contributed by atoms with Gasteiger partial charge in [-0.3, -0.25) is 0 Å². The molecule has 2 heteroatoms. The molecule has 1 aliphatic rings. The van der Waals surface area contributed by atoms with Gasteiger partial charge in [-0.1, -0.05) is 32.1 Å². The van der Waals surface area contributed by atoms with E-state index in [0.717, 1.165) is 5.35 Å². The highest BCUT2D eigenvalue weighted by Gasteiger charge is 2.10. The van der Waals surface area contributed by atoms with Crippen LogP contribution in [0, 0.1) is 5.41 Å². The Morgan fingerprint density at radius 1 is 1.42 bits per heavy atom. The molecule has 0 aromatic carbocycles. The molecule has 1 aromatic heterocycles. The summed E-state index contributed by atoms with van der Waals surface area (Å²) in [5.74, 6) is 0. The molecule has 62 valence electrons. The minimum Gasteiger partial charge on any atom is -0.245 e. The van der Waals surface area contributed by atoms with Gasteiger partial charge in [0.25, 0.3) is 0 Å². The van der Waals surface area contributed by atoms with E-state index in [1.165, 1.54) is 4.53 Å². The van der Waals surface area contributed by atoms with Crippen LogP contribution in [-0.4, -0.2) is 4.98 Å². The van der Waals surface area contributed by atoms with Gasteiger partial charge in [0, 0.05) is 5.41 Å². The third kappa shape index (κ3) is 1.34. The van der Waals surface area contributed by atoms with Crippen molar-refractivity contribution in [2.24, 2.45) is 5.41 Å². The summed E-state index contributed by atoms with van der Waals surface area (Å²) in [7, 11) is 0. The van der Waals surface area contributed by atoms with Crippen LogP contribution in [0.3, 0.4) is 0 Å². The number of fused-ring (bicyclic) bond motifs is 1. The van der Waals surface area contributed by atoms with E-state index in [1.807, 2.05) is 5.51 Å². The second kappa shape index (κ2) is 2.56. The van der Waals surface area contributed by atoms with Crippen molar-refractivity contribution in [1.29, 1.82) is 0 Å². The predicted molar refractivity (Wildman–Crippen MR) is 53.2 cm³/mol. The van der Waals surface area contributed by atoms with Crippen LogP contribution in [0.15, 0.2) is 17.7 Å². The van der Waals surface area contributed by atoms with Gasteiger partial charge in [0.1, 0.15) is 0 Å². The lowest BCUT2D eigenvalue weighted by atomic mass is 9.93. The van der Waals surface area contributed by atoms with E-state index in [0.29, 0.717) is 0 Å². The molecule has 0 amide bonds. The van der Waals surface area contributed by atoms with Crippen molar-refractivity contribution >= 4 is 23.5 Å². The van der Waals surface area contributed by atoms with Crippen LogP contribution in [0.5, 0.6) is 0 Å². The number of hydrogen-bond acceptors (Lipinski definition) is 2. The van der Waals surface area contributed by atoms with Gasteiger partial charge in [-0.25, -0.2) is 4.98 Å². The number of nitrogens with zero attached hydrogens (tertiary/aromatic N) is 1. The first-order chi connectivity index (χ1) is 5.67. The maximum Gasteiger partial charge on any atom is 0.0808 e. The SMILES string of the molecule is CC1(C)C=CC=c2ncsc2=C1. The maximum atomic E-state index is 4.26. The Bertz CT molecular complexity index is 423. The minimum atomic E-state index is 0.161. The molecule has 0 bridgehead atoms. The third-order valence-electron chi connectivity index (χ3n) is 1.91. The molecule has 2 rings (SSSR count). The highest BCUT2D eigenvalue weighted by Crippen LogP contribution is 2.19. The smallest absolute Gasteiger partial charge is 0.0808 e. The minimum absolute atomic E-state index is 0.161. The topological polar surface area (TPSA) is 12.9 Å². The number of thiazole rings is 1. The zero-order valence-electron chi connectivity index (χ0n) is 7.24. The molecule has 12 heavy (non-hydrogen) atoms. The lowest BCUT2D eigenvalue weighted by Gasteiger charge is -2.11. The van der Waals surface area contributed by atoms with Gasteiger partial charge in [0.05, 0.1) is 15.4 Å². The standard InChI is InChI=1S/C10H11NS/c1-10(2)5-3-4-8-9(6-10)12-7-11-8/h3-7H,1-2H3. The van der Waals surface area contributed by atoms with Crippen LogP contribution in [0.4, 0.5) is 0 Å². The molecule has 0 radical (unpaired) electrons. The highest BCUT2D eigenvalue weighted by molar-refractivity contribution is 7.07. The summed E-state index contributed by atoms with van der Waals surface area (Å²) < 4.78 is 1.28. The Morgan fingerprint density at radius 2 is 2.25 bits per heavy atom. The summed E-state index contributed by atoms with van der Waals surface area (Å²) in [5.41, 5.74) is 2.06. The van der Waals surface area contributed by atoms with Crippen molar-refractivity contribution in [3.05, 3.63) is 27.5 Å². The number of hydrogen-bond donors (Lipinski definition) is 0. The summed E-state index contributed by atoms with van der Waals surface area (Å²) in [5, 5.41) is 1.10. The van der Waals surface area contributed by atoms with E-state index in [4.69, 9.17) is 0 Å². The monoisotopic (exact) mass is 177 g/mol. The first-order valence-corrected chi connectivity index (χ1v) is 4.87. The second-order valence-corrected chi connectivity index (χ2v) is 4.48. The quantitative estimate of drug-likeness (QED) is 0.582. The van der Waals surface area contributed by atoms with Crippen LogP contribution in [0.25, 0.3) is 12.2 Å². The predicted octanol–water partition coefficient (Wildman–Crippen LogP) is 1.30. The van der Waals surface area contributed by atoms with Crippen molar-refractivity contribution < 1.29 is 0 Å². The average molecular weight is 177 g/mol. The number of rotatable bonds is 0. The molecule has 0 unspecified atom stereocenters. The average Bonchev–Trinajstić information content (AvgIpc) is 2.31. The van der Waals surface area contributed by atoms with E-state index in [-0.39, 0.29) is 5.41 Å². The van der Waals surface area contributed by atoms with Crippen molar-refractivity contribution in [3.8, 4) is 0 Å². The summed E-state index contributed by atoms with van der Waals surface area (Å²) in [6.45, 7) is 4.40. The van der Waals surface area contributed by atoms with Gasteiger partial charge < -0.3 is 0 Å². The number of allylic oxidation sites excluding steroid dienone is 2. The second-order valence-electron chi connectivity index (χ2n) is 3.59. The van der Waals surface area contributed by atoms with Crippen molar-refractivity contribution in [2.45, 2.75) is 13.8 Å². The molecular formula is C10H11NS. The Morgan fingerprint density at radius 3 is 3.08 bits per heavy atom. The van der Waals surface area contributed by atoms with Crippen molar-refractivity contribution in [1.82, 2.24) is 4.98 Å². The first-order valence-electron chi connectivity index (χ1n) is 3.99. The summed E-state index contributed by atoms with van der Waals surface area (Å²) in [6.07, 6.45) is 8.61. The first kappa shape index (κ1) is 7.74. The normalized spacial score (nSPS) is 18.8. The Hall–Kier alpha value is -0.890. The van der Waals surface area contributed by atoms with Crippen molar-refractivity contribution in [3.63, 3.8) is 0 Å². The lowest BCUT2D eigenvalue weighted by molar-refractivity contribution is 0.671. The van der Waals surface area contributed by atoms with E-state index in [1.54, 1.807) is 11.3 Å². The van der Waals surface area contributed by atoms with Crippen LogP contribution < -0.4 is 9.88 Å². The van der Waals surface area contributed by atoms with Gasteiger partial charge >= 0.3 is 0 Å². The Labute approximate surface area is 75.8 Å². The molecule has 0 spiro atoms. The van der Waals surface area contributed by atoms with Crippen LogP contribution in [-0.2, 0) is 0 Å². The van der Waals surface area contributed by atoms with E-state index < -0.39 is 0 Å². The van der Waals surface area contributed by atoms with Gasteiger partial charge in [0.15, 0.2) is 0 Å². The molecule has 0 atom stereocenters. The zero-order chi connectivity index (χ0) is 8.60. The Balaban J connectivity index is 2.75. The molecule has 0 saturated heterocycles. The molecule has 0 N–H and O–H groups in total. The fourth-order valence-electron chi connectivity index (χ4n) is 1.27. The third-order valence-corrected chi connectivity index (χ3v) is 2.70. The van der Waals surface area contributed by atoms with Crippen molar-refractivity contribution in [2.75, 3.05) is 0 Å². The fraction of sp³-hybridized carbons (Fsp3) is 0.300. The zero-order valence-corrected chi connectivity index (χ0v) is 8.06. The summed E-state index contributed by atoms with van der Waals surface area (Å²) in [4.78, 5) is 4.26. The van der Waals surface area contributed by atoms with Gasteiger partial charge in [-0.05, 0) is 6.08 Å². The summed E-state index contributed by atoms with van der Waals surface area (Å²) in [6, 6.07) is 0. The van der Waals surface area contributed by atoms with Gasteiger partial charge in [-0.15, -0.1) is 11.3 Å². The van der Waals surface area contributed by atoms with Gasteiger partial charge in [-0.2, -0.15) is 0 Å². The van der Waals surface area contributed by atoms with Crippen LogP contribution in [0.1, 0.15) is 13.8 Å². The van der Waals surface area contributed by atoms with E-state index in [2.05, 4.69) is 43.1 Å². The molecule has 1 aliphatic carbocycles. The molecule has 1 heterocycles. The van der Waals surface area contributed by atoms with E-state index >= 15 is 0 Å².